The number of cyclic esters (lactones) is 1. The van der Waals surface area contributed by atoms with Gasteiger partial charge in [-0.05, 0) is 25.5 Å². The Balaban J connectivity index is 1.36. The largest absolute Gasteiger partial charge is 0.507 e. The van der Waals surface area contributed by atoms with Crippen molar-refractivity contribution in [2.45, 2.75) is 38.7 Å². The monoisotopic (exact) mass is 545 g/mol. The molecule has 4 rings (SSSR count). The molecule has 2 saturated heterocycles. The van der Waals surface area contributed by atoms with Crippen molar-refractivity contribution in [3.05, 3.63) is 53.6 Å². The summed E-state index contributed by atoms with van der Waals surface area (Å²) in [5.74, 6) is -2.86. The number of rotatable bonds is 9. The van der Waals surface area contributed by atoms with Crippen LogP contribution in [0.4, 0.5) is 25.0 Å². The molecular formula is C27H29F2N3O7. The Hall–Kier alpha value is -4.06. The first kappa shape index (κ1) is 28.0. The number of amides is 2. The van der Waals surface area contributed by atoms with Gasteiger partial charge >= 0.3 is 6.09 Å². The number of hydrogen-bond donors (Lipinski definition) is 1. The van der Waals surface area contributed by atoms with E-state index in [1.54, 1.807) is 12.1 Å². The average molecular weight is 546 g/mol. The van der Waals surface area contributed by atoms with Gasteiger partial charge in [-0.2, -0.15) is 0 Å². The van der Waals surface area contributed by atoms with Crippen LogP contribution in [0.1, 0.15) is 43.0 Å². The molecule has 2 aromatic rings. The number of ketones is 2. The fourth-order valence-corrected chi connectivity index (χ4v) is 4.52. The highest BCUT2D eigenvalue weighted by Gasteiger charge is 2.34. The Morgan fingerprint density at radius 2 is 1.74 bits per heavy atom. The van der Waals surface area contributed by atoms with Crippen LogP contribution in [0.3, 0.4) is 0 Å². The van der Waals surface area contributed by atoms with Crippen LogP contribution >= 0.6 is 0 Å². The number of phenols is 1. The first-order valence-electron chi connectivity index (χ1n) is 12.6. The van der Waals surface area contributed by atoms with Crippen molar-refractivity contribution in [1.82, 2.24) is 5.06 Å². The van der Waals surface area contributed by atoms with E-state index in [2.05, 4.69) is 0 Å². The molecule has 0 aromatic heterocycles. The first-order chi connectivity index (χ1) is 18.6. The molecule has 2 aromatic carbocycles. The number of phenolic OH excluding ortho intramolecular Hbond substituents is 1. The minimum Gasteiger partial charge on any atom is -0.507 e. The van der Waals surface area contributed by atoms with Crippen LogP contribution in [0, 0.1) is 11.6 Å². The molecule has 208 valence electrons. The predicted octanol–water partition coefficient (Wildman–Crippen LogP) is 3.61. The molecule has 0 aliphatic carbocycles. The van der Waals surface area contributed by atoms with Crippen LogP contribution in [0.5, 0.6) is 5.75 Å². The minimum absolute atomic E-state index is 0.000518. The number of carbonyl (C=O) groups is 4. The highest BCUT2D eigenvalue weighted by Crippen LogP contribution is 2.32. The smallest absolute Gasteiger partial charge is 0.414 e. The Morgan fingerprint density at radius 3 is 2.44 bits per heavy atom. The molecule has 2 aliphatic rings. The van der Waals surface area contributed by atoms with Crippen LogP contribution in [0.15, 0.2) is 36.4 Å². The van der Waals surface area contributed by atoms with Crippen LogP contribution in [0.25, 0.3) is 0 Å². The quantitative estimate of drug-likeness (QED) is 0.475. The summed E-state index contributed by atoms with van der Waals surface area (Å²) in [6, 6.07) is 8.14. The molecule has 0 spiro atoms. The lowest BCUT2D eigenvalue weighted by Gasteiger charge is -2.24. The molecule has 39 heavy (non-hydrogen) atoms. The minimum atomic E-state index is -0.891. The van der Waals surface area contributed by atoms with E-state index >= 15 is 8.78 Å². The molecule has 2 aliphatic heterocycles. The third-order valence-electron chi connectivity index (χ3n) is 6.55. The normalized spacial score (nSPS) is 17.7. The molecule has 12 heteroatoms. The Labute approximate surface area is 223 Å². The van der Waals surface area contributed by atoms with Crippen molar-refractivity contribution in [2.24, 2.45) is 0 Å². The van der Waals surface area contributed by atoms with E-state index in [1.165, 1.54) is 24.0 Å². The van der Waals surface area contributed by atoms with Crippen molar-refractivity contribution in [3.63, 3.8) is 0 Å². The van der Waals surface area contributed by atoms with Gasteiger partial charge in [-0.15, -0.1) is 0 Å². The van der Waals surface area contributed by atoms with E-state index in [0.29, 0.717) is 6.42 Å². The van der Waals surface area contributed by atoms with Gasteiger partial charge in [0.2, 0.25) is 5.91 Å². The molecule has 0 bridgehead atoms. The summed E-state index contributed by atoms with van der Waals surface area (Å²) in [4.78, 5) is 56.4. The van der Waals surface area contributed by atoms with Crippen molar-refractivity contribution in [3.8, 4) is 5.75 Å². The standard InChI is InChI=1S/C27H29F2N3O7/c1-17(33)6-7-19-16-31(27(37)39-19)18-14-21(28)26(22(29)15-18)30-10-11-32(38-13-12-30)25(36)9-8-24(35)20-4-2-3-5-23(20)34/h2-5,14-15,19,34H,6-13,16H2,1H3/t19-/m0/s1. The molecule has 1 N–H and O–H groups in total. The van der Waals surface area contributed by atoms with E-state index in [0.717, 1.165) is 22.1 Å². The van der Waals surface area contributed by atoms with Gasteiger partial charge in [0, 0.05) is 44.5 Å². The highest BCUT2D eigenvalue weighted by atomic mass is 19.1. The van der Waals surface area contributed by atoms with Gasteiger partial charge in [-0.3, -0.25) is 19.3 Å². The summed E-state index contributed by atoms with van der Waals surface area (Å²) in [6.07, 6.45) is -1.03. The molecule has 2 fully saturated rings. The predicted molar refractivity (Wildman–Crippen MR) is 135 cm³/mol. The maximum absolute atomic E-state index is 15.1. The second kappa shape index (κ2) is 12.2. The molecule has 1 atom stereocenters. The van der Waals surface area contributed by atoms with Crippen LogP contribution in [-0.4, -0.2) is 72.6 Å². The first-order valence-corrected chi connectivity index (χ1v) is 12.6. The van der Waals surface area contributed by atoms with Crippen LogP contribution in [-0.2, 0) is 19.2 Å². The van der Waals surface area contributed by atoms with Gasteiger partial charge < -0.3 is 19.5 Å². The van der Waals surface area contributed by atoms with Crippen molar-refractivity contribution >= 4 is 34.9 Å². The summed E-state index contributed by atoms with van der Waals surface area (Å²) in [5, 5.41) is 10.9. The van der Waals surface area contributed by atoms with Crippen molar-refractivity contribution < 1.29 is 42.6 Å². The lowest BCUT2D eigenvalue weighted by atomic mass is 10.1. The van der Waals surface area contributed by atoms with Crippen LogP contribution in [0.2, 0.25) is 0 Å². The molecular weight excluding hydrogens is 516 g/mol. The van der Waals surface area contributed by atoms with E-state index in [-0.39, 0.29) is 80.5 Å². The zero-order chi connectivity index (χ0) is 28.1. The topological polar surface area (TPSA) is 117 Å². The highest BCUT2D eigenvalue weighted by molar-refractivity contribution is 6.00. The maximum atomic E-state index is 15.1. The lowest BCUT2D eigenvalue weighted by Crippen LogP contribution is -2.35. The molecule has 0 unspecified atom stereocenters. The Bertz CT molecular complexity index is 1250. The van der Waals surface area contributed by atoms with Gasteiger partial charge in [0.25, 0.3) is 0 Å². The fourth-order valence-electron chi connectivity index (χ4n) is 4.52. The molecule has 2 heterocycles. The van der Waals surface area contributed by atoms with E-state index in [4.69, 9.17) is 9.57 Å². The number of hydrogen-bond acceptors (Lipinski definition) is 8. The summed E-state index contributed by atoms with van der Waals surface area (Å²) >= 11 is 0. The van der Waals surface area contributed by atoms with Crippen molar-refractivity contribution in [1.29, 1.82) is 0 Å². The van der Waals surface area contributed by atoms with Gasteiger partial charge in [-0.1, -0.05) is 12.1 Å². The summed E-state index contributed by atoms with van der Waals surface area (Å²) < 4.78 is 35.5. The lowest BCUT2D eigenvalue weighted by molar-refractivity contribution is -0.181. The molecule has 0 radical (unpaired) electrons. The van der Waals surface area contributed by atoms with Gasteiger partial charge in [0.1, 0.15) is 23.3 Å². The molecule has 0 saturated carbocycles. The summed E-state index contributed by atoms with van der Waals surface area (Å²) in [5.41, 5.74) is -0.190. The number of benzene rings is 2. The fraction of sp³-hybridized carbons (Fsp3) is 0.407. The van der Waals surface area contributed by atoms with Crippen molar-refractivity contribution in [2.75, 3.05) is 42.6 Å². The van der Waals surface area contributed by atoms with E-state index in [9.17, 15) is 24.3 Å². The van der Waals surface area contributed by atoms with E-state index < -0.39 is 35.5 Å². The number of aromatic hydroxyl groups is 1. The molecule has 10 nitrogen and oxygen atoms in total. The number of hydroxylamine groups is 2. The van der Waals surface area contributed by atoms with Gasteiger partial charge in [-0.25, -0.2) is 18.6 Å². The number of ether oxygens (including phenoxy) is 1. The second-order valence-corrected chi connectivity index (χ2v) is 9.37. The average Bonchev–Trinajstić information content (AvgIpc) is 3.10. The third kappa shape index (κ3) is 6.69. The number of anilines is 2. The van der Waals surface area contributed by atoms with Crippen LogP contribution < -0.4 is 9.80 Å². The van der Waals surface area contributed by atoms with E-state index in [1.807, 2.05) is 0 Å². The number of Topliss-reactive ketones (excluding diaryl/α,β-unsaturated/α-hetero) is 2. The number of carbonyl (C=O) groups excluding carboxylic acids is 4. The number of para-hydroxylation sites is 1. The maximum Gasteiger partial charge on any atom is 0.414 e. The zero-order valence-electron chi connectivity index (χ0n) is 21.4. The summed E-state index contributed by atoms with van der Waals surface area (Å²) in [6.45, 7) is 1.63. The number of halogens is 2. The third-order valence-corrected chi connectivity index (χ3v) is 6.55. The number of nitrogens with zero attached hydrogens (tertiary/aromatic N) is 3. The molecule has 2 amide bonds. The van der Waals surface area contributed by atoms with Gasteiger partial charge in [0.05, 0.1) is 30.9 Å². The zero-order valence-corrected chi connectivity index (χ0v) is 21.4. The Morgan fingerprint density at radius 1 is 1.03 bits per heavy atom. The SMILES string of the molecule is CC(=O)CC[C@H]1CN(c2cc(F)c(N3CCON(C(=O)CCC(=O)c4ccccc4O)CC3)c(F)c2)C(=O)O1. The summed E-state index contributed by atoms with van der Waals surface area (Å²) in [7, 11) is 0. The second-order valence-electron chi connectivity index (χ2n) is 9.37. The Kier molecular flexibility index (Phi) is 8.75. The van der Waals surface area contributed by atoms with Gasteiger partial charge in [0.15, 0.2) is 17.4 Å².